The van der Waals surface area contributed by atoms with E-state index in [1.807, 2.05) is 36.4 Å². The number of hydrogen-bond donors (Lipinski definition) is 1. The van der Waals surface area contributed by atoms with Crippen LogP contribution in [0.25, 0.3) is 0 Å². The van der Waals surface area contributed by atoms with Crippen LogP contribution in [0.15, 0.2) is 42.5 Å². The van der Waals surface area contributed by atoms with Crippen molar-refractivity contribution in [3.63, 3.8) is 0 Å². The molecule has 24 heavy (non-hydrogen) atoms. The topological polar surface area (TPSA) is 47.6 Å². The van der Waals surface area contributed by atoms with E-state index in [0.717, 1.165) is 35.5 Å². The molecule has 0 heterocycles. The fraction of sp³-hybridized carbons (Fsp3) is 0.316. The summed E-state index contributed by atoms with van der Waals surface area (Å²) in [5, 5.41) is 3.58. The van der Waals surface area contributed by atoms with Crippen molar-refractivity contribution < 1.29 is 14.3 Å². The predicted molar refractivity (Wildman–Crippen MR) is 96.0 cm³/mol. The molecule has 0 atom stereocenters. The Morgan fingerprint density at radius 2 is 1.83 bits per heavy atom. The van der Waals surface area contributed by atoms with Gasteiger partial charge in [-0.25, -0.2) is 0 Å². The molecule has 5 heteroatoms. The Labute approximate surface area is 147 Å². The Morgan fingerprint density at radius 3 is 2.54 bits per heavy atom. The Bertz CT molecular complexity index is 688. The van der Waals surface area contributed by atoms with Crippen molar-refractivity contribution in [1.82, 2.24) is 5.32 Å². The molecule has 2 aromatic carbocycles. The predicted octanol–water partition coefficient (Wildman–Crippen LogP) is 3.65. The Morgan fingerprint density at radius 1 is 1.04 bits per heavy atom. The summed E-state index contributed by atoms with van der Waals surface area (Å²) in [6.07, 6.45) is 2.06. The van der Waals surface area contributed by atoms with Crippen LogP contribution < -0.4 is 14.8 Å². The number of hydrogen-bond acceptors (Lipinski definition) is 3. The summed E-state index contributed by atoms with van der Waals surface area (Å²) in [5.41, 5.74) is 2.07. The van der Waals surface area contributed by atoms with E-state index in [1.165, 1.54) is 0 Å². The number of nitrogens with one attached hydrogen (secondary N) is 1. The summed E-state index contributed by atoms with van der Waals surface area (Å²) < 4.78 is 10.5. The lowest BCUT2D eigenvalue weighted by Gasteiger charge is -2.10. The number of halogens is 1. The molecule has 0 aliphatic rings. The molecule has 0 spiro atoms. The zero-order valence-electron chi connectivity index (χ0n) is 14.0. The van der Waals surface area contributed by atoms with Crippen molar-refractivity contribution >= 4 is 17.5 Å². The van der Waals surface area contributed by atoms with Gasteiger partial charge in [-0.1, -0.05) is 29.8 Å². The smallest absolute Gasteiger partial charge is 0.224 e. The van der Waals surface area contributed by atoms with E-state index in [1.54, 1.807) is 20.3 Å². The fourth-order valence-corrected chi connectivity index (χ4v) is 2.66. The van der Waals surface area contributed by atoms with Crippen molar-refractivity contribution in [2.75, 3.05) is 20.8 Å². The average Bonchev–Trinajstić information content (AvgIpc) is 2.58. The van der Waals surface area contributed by atoms with Gasteiger partial charge >= 0.3 is 0 Å². The quantitative estimate of drug-likeness (QED) is 0.741. The monoisotopic (exact) mass is 347 g/mol. The molecule has 128 valence electrons. The van der Waals surface area contributed by atoms with Crippen LogP contribution in [0, 0.1) is 0 Å². The number of benzene rings is 2. The molecule has 1 amide bonds. The molecule has 0 unspecified atom stereocenters. The molecule has 0 fully saturated rings. The number of rotatable bonds is 8. The highest BCUT2D eigenvalue weighted by molar-refractivity contribution is 6.30. The number of aryl methyl sites for hydroxylation is 1. The first-order valence-corrected chi connectivity index (χ1v) is 8.22. The molecule has 2 rings (SSSR count). The molecule has 0 aromatic heterocycles. The number of carbonyl (C=O) groups is 1. The van der Waals surface area contributed by atoms with Crippen molar-refractivity contribution in [3.05, 3.63) is 58.6 Å². The maximum atomic E-state index is 11.9. The largest absolute Gasteiger partial charge is 0.493 e. The molecule has 0 bridgehead atoms. The Hall–Kier alpha value is -2.20. The van der Waals surface area contributed by atoms with E-state index in [2.05, 4.69) is 5.32 Å². The van der Waals surface area contributed by atoms with E-state index in [4.69, 9.17) is 21.1 Å². The standard InChI is InChI=1S/C19H22ClNO3/c1-23-17-9-8-14(12-18(17)24-2)6-4-10-21-19(22)13-15-5-3-7-16(20)11-15/h3,5,7-9,11-12H,4,6,10,13H2,1-2H3,(H,21,22). The minimum Gasteiger partial charge on any atom is -0.493 e. The molecule has 1 N–H and O–H groups in total. The highest BCUT2D eigenvalue weighted by Crippen LogP contribution is 2.27. The van der Waals surface area contributed by atoms with Gasteiger partial charge in [0.05, 0.1) is 20.6 Å². The van der Waals surface area contributed by atoms with E-state index >= 15 is 0 Å². The molecule has 0 aliphatic heterocycles. The van der Waals surface area contributed by atoms with Crippen LogP contribution in [0.1, 0.15) is 17.5 Å². The zero-order chi connectivity index (χ0) is 17.4. The maximum Gasteiger partial charge on any atom is 0.224 e. The van der Waals surface area contributed by atoms with Crippen LogP contribution in [0.3, 0.4) is 0 Å². The average molecular weight is 348 g/mol. The SMILES string of the molecule is COc1ccc(CCCNC(=O)Cc2cccc(Cl)c2)cc1OC. The van der Waals surface area contributed by atoms with Crippen LogP contribution in [0.5, 0.6) is 11.5 Å². The van der Waals surface area contributed by atoms with E-state index in [9.17, 15) is 4.79 Å². The minimum absolute atomic E-state index is 0.00424. The van der Waals surface area contributed by atoms with Gasteiger partial charge in [0.2, 0.25) is 5.91 Å². The van der Waals surface area contributed by atoms with Gasteiger partial charge in [0.1, 0.15) is 0 Å². The van der Waals surface area contributed by atoms with Gasteiger partial charge in [0.25, 0.3) is 0 Å². The van der Waals surface area contributed by atoms with Crippen LogP contribution >= 0.6 is 11.6 Å². The lowest BCUT2D eigenvalue weighted by molar-refractivity contribution is -0.120. The molecule has 0 saturated carbocycles. The third-order valence-electron chi connectivity index (χ3n) is 3.67. The molecule has 2 aromatic rings. The molecule has 0 radical (unpaired) electrons. The van der Waals surface area contributed by atoms with Crippen LogP contribution in [-0.2, 0) is 17.6 Å². The number of ether oxygens (including phenoxy) is 2. The molecule has 0 saturated heterocycles. The van der Waals surface area contributed by atoms with E-state index in [0.29, 0.717) is 18.0 Å². The number of methoxy groups -OCH3 is 2. The zero-order valence-corrected chi connectivity index (χ0v) is 14.7. The maximum absolute atomic E-state index is 11.9. The Kier molecular flexibility index (Phi) is 6.94. The Balaban J connectivity index is 1.75. The van der Waals surface area contributed by atoms with Gasteiger partial charge in [0, 0.05) is 11.6 Å². The number of carbonyl (C=O) groups excluding carboxylic acids is 1. The highest BCUT2D eigenvalue weighted by Gasteiger charge is 2.06. The van der Waals surface area contributed by atoms with Gasteiger partial charge in [0.15, 0.2) is 11.5 Å². The summed E-state index contributed by atoms with van der Waals surface area (Å²) in [4.78, 5) is 11.9. The lowest BCUT2D eigenvalue weighted by Crippen LogP contribution is -2.26. The van der Waals surface area contributed by atoms with Gasteiger partial charge in [-0.3, -0.25) is 4.79 Å². The van der Waals surface area contributed by atoms with Gasteiger partial charge in [-0.15, -0.1) is 0 Å². The highest BCUT2D eigenvalue weighted by atomic mass is 35.5. The van der Waals surface area contributed by atoms with Crippen molar-refractivity contribution in [2.45, 2.75) is 19.3 Å². The first kappa shape index (κ1) is 18.1. The first-order chi connectivity index (χ1) is 11.6. The molecular formula is C19H22ClNO3. The second-order valence-corrected chi connectivity index (χ2v) is 5.89. The third kappa shape index (κ3) is 5.46. The van der Waals surface area contributed by atoms with E-state index < -0.39 is 0 Å². The molecular weight excluding hydrogens is 326 g/mol. The normalized spacial score (nSPS) is 10.3. The van der Waals surface area contributed by atoms with Crippen LogP contribution in [0.2, 0.25) is 5.02 Å². The number of amides is 1. The summed E-state index contributed by atoms with van der Waals surface area (Å²) in [7, 11) is 3.24. The van der Waals surface area contributed by atoms with Crippen molar-refractivity contribution in [3.8, 4) is 11.5 Å². The molecule has 4 nitrogen and oxygen atoms in total. The van der Waals surface area contributed by atoms with Gasteiger partial charge < -0.3 is 14.8 Å². The minimum atomic E-state index is 0.00424. The van der Waals surface area contributed by atoms with E-state index in [-0.39, 0.29) is 5.91 Å². The van der Waals surface area contributed by atoms with Crippen molar-refractivity contribution in [2.24, 2.45) is 0 Å². The summed E-state index contributed by atoms with van der Waals surface area (Å²) in [6, 6.07) is 13.2. The second kappa shape index (κ2) is 9.18. The third-order valence-corrected chi connectivity index (χ3v) is 3.90. The van der Waals surface area contributed by atoms with Crippen molar-refractivity contribution in [1.29, 1.82) is 0 Å². The van der Waals surface area contributed by atoms with Gasteiger partial charge in [-0.05, 0) is 48.2 Å². The fourth-order valence-electron chi connectivity index (χ4n) is 2.45. The lowest BCUT2D eigenvalue weighted by atomic mass is 10.1. The summed E-state index contributed by atoms with van der Waals surface area (Å²) >= 11 is 5.92. The van der Waals surface area contributed by atoms with Gasteiger partial charge in [-0.2, -0.15) is 0 Å². The summed E-state index contributed by atoms with van der Waals surface area (Å²) in [5.74, 6) is 1.45. The van der Waals surface area contributed by atoms with Crippen LogP contribution in [-0.4, -0.2) is 26.7 Å². The molecule has 0 aliphatic carbocycles. The van der Waals surface area contributed by atoms with Crippen LogP contribution in [0.4, 0.5) is 0 Å². The first-order valence-electron chi connectivity index (χ1n) is 7.84. The second-order valence-electron chi connectivity index (χ2n) is 5.45. The summed E-state index contributed by atoms with van der Waals surface area (Å²) in [6.45, 7) is 0.633.